The number of nitrogens with two attached hydrogens (primary N) is 1. The first-order valence-corrected chi connectivity index (χ1v) is 4.93. The van der Waals surface area contributed by atoms with E-state index in [0.717, 1.165) is 5.56 Å². The second kappa shape index (κ2) is 5.00. The van der Waals surface area contributed by atoms with Crippen molar-refractivity contribution < 1.29 is 10.2 Å². The van der Waals surface area contributed by atoms with E-state index in [1.165, 1.54) is 0 Å². The van der Waals surface area contributed by atoms with Gasteiger partial charge in [-0.05, 0) is 32.2 Å². The van der Waals surface area contributed by atoms with Gasteiger partial charge in [0, 0.05) is 23.8 Å². The minimum absolute atomic E-state index is 0.0610. The van der Waals surface area contributed by atoms with Crippen LogP contribution in [-0.2, 0) is 6.54 Å². The molecule has 0 amide bonds. The minimum Gasteiger partial charge on any atom is -0.508 e. The molecule has 0 bridgehead atoms. The molecule has 0 saturated heterocycles. The van der Waals surface area contributed by atoms with E-state index in [1.54, 1.807) is 18.2 Å². The number of benzene rings is 1. The number of aromatic hydroxyl groups is 1. The van der Waals surface area contributed by atoms with E-state index in [4.69, 9.17) is 10.8 Å². The van der Waals surface area contributed by atoms with E-state index in [2.05, 4.69) is 0 Å². The first-order chi connectivity index (χ1) is 7.04. The quantitative estimate of drug-likeness (QED) is 0.507. The van der Waals surface area contributed by atoms with Crippen LogP contribution in [0.25, 0.3) is 0 Å². The summed E-state index contributed by atoms with van der Waals surface area (Å²) in [6.45, 7) is 2.58. The number of hydrogen-bond donors (Lipinski definition) is 3. The predicted molar refractivity (Wildman–Crippen MR) is 60.5 cm³/mol. The Hall–Kier alpha value is -1.26. The lowest BCUT2D eigenvalue weighted by atomic mass is 10.1. The average molecular weight is 210 g/mol. The smallest absolute Gasteiger partial charge is 0.120 e. The van der Waals surface area contributed by atoms with Crippen LogP contribution in [0.3, 0.4) is 0 Å². The molecular weight excluding hydrogens is 192 g/mol. The molecule has 0 radical (unpaired) electrons. The van der Waals surface area contributed by atoms with Gasteiger partial charge in [0.05, 0.1) is 6.61 Å². The normalized spacial score (nSPS) is 13.1. The van der Waals surface area contributed by atoms with Gasteiger partial charge < -0.3 is 15.9 Å². The van der Waals surface area contributed by atoms with Crippen molar-refractivity contribution in [3.05, 3.63) is 23.8 Å². The van der Waals surface area contributed by atoms with Gasteiger partial charge in [0.15, 0.2) is 0 Å². The fraction of sp³-hybridized carbons (Fsp3) is 0.455. The molecule has 1 aromatic carbocycles. The van der Waals surface area contributed by atoms with Gasteiger partial charge in [-0.1, -0.05) is 0 Å². The molecule has 1 rings (SSSR count). The first kappa shape index (κ1) is 11.8. The molecule has 15 heavy (non-hydrogen) atoms. The molecule has 0 aliphatic carbocycles. The van der Waals surface area contributed by atoms with Crippen LogP contribution in [0, 0.1) is 0 Å². The Bertz CT molecular complexity index is 328. The van der Waals surface area contributed by atoms with Gasteiger partial charge in [0.1, 0.15) is 5.75 Å². The molecule has 4 nitrogen and oxygen atoms in total. The molecule has 4 heteroatoms. The standard InChI is InChI=1S/C11H18N2O2/c1-8(7-14)13(2)6-9-5-10(12)3-4-11(9)15/h3-5,8,14-15H,6-7,12H2,1-2H3. The lowest BCUT2D eigenvalue weighted by molar-refractivity contribution is 0.153. The van der Waals surface area contributed by atoms with Gasteiger partial charge in [-0.15, -0.1) is 0 Å². The van der Waals surface area contributed by atoms with Crippen molar-refractivity contribution in [3.8, 4) is 5.75 Å². The molecule has 1 atom stereocenters. The van der Waals surface area contributed by atoms with E-state index < -0.39 is 0 Å². The number of likely N-dealkylation sites (N-methyl/N-ethyl adjacent to an activating group) is 1. The van der Waals surface area contributed by atoms with Crippen molar-refractivity contribution in [2.24, 2.45) is 0 Å². The fourth-order valence-electron chi connectivity index (χ4n) is 1.30. The summed E-state index contributed by atoms with van der Waals surface area (Å²) in [5.41, 5.74) is 7.04. The van der Waals surface area contributed by atoms with Crippen LogP contribution in [0.2, 0.25) is 0 Å². The summed E-state index contributed by atoms with van der Waals surface area (Å²) in [6.07, 6.45) is 0. The summed E-state index contributed by atoms with van der Waals surface area (Å²) in [7, 11) is 1.89. The number of aliphatic hydroxyl groups excluding tert-OH is 1. The van der Waals surface area contributed by atoms with Crippen molar-refractivity contribution in [1.82, 2.24) is 4.90 Å². The maximum Gasteiger partial charge on any atom is 0.120 e. The van der Waals surface area contributed by atoms with E-state index in [9.17, 15) is 5.11 Å². The highest BCUT2D eigenvalue weighted by molar-refractivity contribution is 5.47. The van der Waals surface area contributed by atoms with Crippen LogP contribution in [0.15, 0.2) is 18.2 Å². The third-order valence-corrected chi connectivity index (χ3v) is 2.54. The second-order valence-corrected chi connectivity index (χ2v) is 3.83. The Kier molecular flexibility index (Phi) is 3.94. The van der Waals surface area contributed by atoms with Crippen LogP contribution in [0.1, 0.15) is 12.5 Å². The maximum atomic E-state index is 9.59. The van der Waals surface area contributed by atoms with Crippen LogP contribution < -0.4 is 5.73 Å². The van der Waals surface area contributed by atoms with Crippen molar-refractivity contribution in [2.75, 3.05) is 19.4 Å². The number of nitrogens with zero attached hydrogens (tertiary/aromatic N) is 1. The number of phenolic OH excluding ortho intramolecular Hbond substituents is 1. The van der Waals surface area contributed by atoms with Crippen molar-refractivity contribution >= 4 is 5.69 Å². The lowest BCUT2D eigenvalue weighted by Gasteiger charge is -2.23. The SMILES string of the molecule is CC(CO)N(C)Cc1cc(N)ccc1O. The molecule has 0 spiro atoms. The van der Waals surface area contributed by atoms with Gasteiger partial charge in [0.2, 0.25) is 0 Å². The highest BCUT2D eigenvalue weighted by Gasteiger charge is 2.10. The van der Waals surface area contributed by atoms with Crippen LogP contribution >= 0.6 is 0 Å². The highest BCUT2D eigenvalue weighted by atomic mass is 16.3. The van der Waals surface area contributed by atoms with Crippen molar-refractivity contribution in [3.63, 3.8) is 0 Å². The molecule has 0 aliphatic heterocycles. The maximum absolute atomic E-state index is 9.59. The van der Waals surface area contributed by atoms with E-state index in [1.807, 2.05) is 18.9 Å². The lowest BCUT2D eigenvalue weighted by Crippen LogP contribution is -2.31. The summed E-state index contributed by atoms with van der Waals surface area (Å²) in [5.74, 6) is 0.237. The van der Waals surface area contributed by atoms with Crippen LogP contribution in [-0.4, -0.2) is 34.8 Å². The molecule has 84 valence electrons. The van der Waals surface area contributed by atoms with Gasteiger partial charge >= 0.3 is 0 Å². The van der Waals surface area contributed by atoms with Crippen molar-refractivity contribution in [1.29, 1.82) is 0 Å². The Balaban J connectivity index is 2.75. The molecule has 0 heterocycles. The molecule has 1 aromatic rings. The summed E-state index contributed by atoms with van der Waals surface area (Å²) in [6, 6.07) is 5.05. The molecule has 4 N–H and O–H groups in total. The molecule has 1 unspecified atom stereocenters. The Morgan fingerprint density at radius 3 is 2.73 bits per heavy atom. The number of hydrogen-bond acceptors (Lipinski definition) is 4. The summed E-state index contributed by atoms with van der Waals surface area (Å²) in [5, 5.41) is 18.6. The van der Waals surface area contributed by atoms with Crippen molar-refractivity contribution in [2.45, 2.75) is 19.5 Å². The summed E-state index contributed by atoms with van der Waals surface area (Å²) < 4.78 is 0. The third kappa shape index (κ3) is 3.11. The number of rotatable bonds is 4. The Morgan fingerprint density at radius 1 is 1.47 bits per heavy atom. The summed E-state index contributed by atoms with van der Waals surface area (Å²) in [4.78, 5) is 1.95. The second-order valence-electron chi connectivity index (χ2n) is 3.83. The van der Waals surface area contributed by atoms with Gasteiger partial charge in [-0.3, -0.25) is 4.90 Å². The van der Waals surface area contributed by atoms with E-state index in [-0.39, 0.29) is 18.4 Å². The monoisotopic (exact) mass is 210 g/mol. The van der Waals surface area contributed by atoms with Gasteiger partial charge in [-0.25, -0.2) is 0 Å². The first-order valence-electron chi connectivity index (χ1n) is 4.93. The molecule has 0 aromatic heterocycles. The number of phenols is 1. The van der Waals surface area contributed by atoms with Gasteiger partial charge in [-0.2, -0.15) is 0 Å². The molecule has 0 fully saturated rings. The van der Waals surface area contributed by atoms with E-state index >= 15 is 0 Å². The number of anilines is 1. The zero-order chi connectivity index (χ0) is 11.4. The average Bonchev–Trinajstić information content (AvgIpc) is 2.22. The Labute approximate surface area is 89.9 Å². The molecule has 0 saturated carbocycles. The molecule has 0 aliphatic rings. The van der Waals surface area contributed by atoms with Crippen LogP contribution in [0.4, 0.5) is 5.69 Å². The van der Waals surface area contributed by atoms with Gasteiger partial charge in [0.25, 0.3) is 0 Å². The topological polar surface area (TPSA) is 69.7 Å². The third-order valence-electron chi connectivity index (χ3n) is 2.54. The highest BCUT2D eigenvalue weighted by Crippen LogP contribution is 2.21. The van der Waals surface area contributed by atoms with Crippen LogP contribution in [0.5, 0.6) is 5.75 Å². The largest absolute Gasteiger partial charge is 0.508 e. The fourth-order valence-corrected chi connectivity index (χ4v) is 1.30. The number of aliphatic hydroxyl groups is 1. The Morgan fingerprint density at radius 2 is 2.13 bits per heavy atom. The summed E-state index contributed by atoms with van der Waals surface area (Å²) >= 11 is 0. The predicted octanol–water partition coefficient (Wildman–Crippen LogP) is 0.787. The van der Waals surface area contributed by atoms with E-state index in [0.29, 0.717) is 12.2 Å². The minimum atomic E-state index is 0.0610. The molecular formula is C11H18N2O2. The number of nitrogen functional groups attached to an aromatic ring is 1. The zero-order valence-corrected chi connectivity index (χ0v) is 9.14. The zero-order valence-electron chi connectivity index (χ0n) is 9.14.